The Kier molecular flexibility index (Phi) is 4.74. The number of hydrogen-bond acceptors (Lipinski definition) is 5. The number of benzene rings is 2. The topological polar surface area (TPSA) is 51.8 Å². The number of nitrogens with zero attached hydrogens (tertiary/aromatic N) is 3. The van der Waals surface area contributed by atoms with Crippen molar-refractivity contribution in [1.29, 1.82) is 0 Å². The molecule has 0 aliphatic heterocycles. The minimum Gasteiger partial charge on any atom is -0.411 e. The fourth-order valence-electron chi connectivity index (χ4n) is 2.46. The molecule has 4 aromatic rings. The molecule has 0 bridgehead atoms. The van der Waals surface area contributed by atoms with E-state index in [2.05, 4.69) is 31.1 Å². The molecular formula is C18H11BrClN3OS. The molecule has 0 fully saturated rings. The van der Waals surface area contributed by atoms with Gasteiger partial charge in [0.25, 0.3) is 5.22 Å². The van der Waals surface area contributed by atoms with E-state index in [1.165, 1.54) is 11.8 Å². The number of halogens is 2. The molecular weight excluding hydrogens is 422 g/mol. The molecule has 0 aliphatic rings. The zero-order chi connectivity index (χ0) is 17.2. The van der Waals surface area contributed by atoms with Crippen molar-refractivity contribution >= 4 is 50.2 Å². The average Bonchev–Trinajstić information content (AvgIpc) is 3.11. The lowest BCUT2D eigenvalue weighted by Gasteiger charge is -2.05. The number of aromatic nitrogens is 3. The van der Waals surface area contributed by atoms with E-state index in [0.29, 0.717) is 21.9 Å². The maximum Gasteiger partial charge on any atom is 0.277 e. The second-order valence-electron chi connectivity index (χ2n) is 5.28. The molecule has 0 saturated carbocycles. The van der Waals surface area contributed by atoms with Gasteiger partial charge in [0.05, 0.1) is 5.52 Å². The van der Waals surface area contributed by atoms with E-state index in [1.54, 1.807) is 6.20 Å². The normalized spacial score (nSPS) is 11.1. The van der Waals surface area contributed by atoms with Gasteiger partial charge in [0.2, 0.25) is 5.89 Å². The Balaban J connectivity index is 1.56. The summed E-state index contributed by atoms with van der Waals surface area (Å²) in [4.78, 5) is 4.45. The van der Waals surface area contributed by atoms with Crippen molar-refractivity contribution in [3.05, 3.63) is 69.8 Å². The van der Waals surface area contributed by atoms with Crippen LogP contribution >= 0.6 is 39.3 Å². The van der Waals surface area contributed by atoms with Gasteiger partial charge in [-0.05, 0) is 42.0 Å². The molecule has 0 N–H and O–H groups in total. The largest absolute Gasteiger partial charge is 0.411 e. The molecule has 124 valence electrons. The summed E-state index contributed by atoms with van der Waals surface area (Å²) < 4.78 is 6.72. The quantitative estimate of drug-likeness (QED) is 0.371. The van der Waals surface area contributed by atoms with Gasteiger partial charge in [0.1, 0.15) is 0 Å². The van der Waals surface area contributed by atoms with E-state index in [1.807, 2.05) is 48.5 Å². The molecule has 0 saturated heterocycles. The summed E-state index contributed by atoms with van der Waals surface area (Å²) in [5.74, 6) is 1.17. The Morgan fingerprint density at radius 3 is 2.88 bits per heavy atom. The van der Waals surface area contributed by atoms with Crippen LogP contribution in [0.2, 0.25) is 5.02 Å². The van der Waals surface area contributed by atoms with Crippen LogP contribution in [0.1, 0.15) is 5.56 Å². The molecule has 0 aliphatic carbocycles. The Labute approximate surface area is 161 Å². The molecule has 0 amide bonds. The van der Waals surface area contributed by atoms with Crippen molar-refractivity contribution in [2.45, 2.75) is 11.0 Å². The van der Waals surface area contributed by atoms with Gasteiger partial charge in [0.15, 0.2) is 0 Å². The van der Waals surface area contributed by atoms with Gasteiger partial charge in [-0.25, -0.2) is 0 Å². The summed E-state index contributed by atoms with van der Waals surface area (Å²) in [6.07, 6.45) is 1.77. The van der Waals surface area contributed by atoms with Gasteiger partial charge in [-0.2, -0.15) is 0 Å². The molecule has 0 unspecified atom stereocenters. The SMILES string of the molecule is Clc1ccc(CSc2nnc(-c3cccc(Br)c3)o2)c2ncccc12. The van der Waals surface area contributed by atoms with Crippen LogP contribution in [0.15, 0.2) is 68.8 Å². The number of pyridine rings is 1. The van der Waals surface area contributed by atoms with Crippen molar-refractivity contribution in [2.75, 3.05) is 0 Å². The molecule has 4 rings (SSSR count). The molecule has 2 aromatic carbocycles. The number of fused-ring (bicyclic) bond motifs is 1. The molecule has 2 aromatic heterocycles. The summed E-state index contributed by atoms with van der Waals surface area (Å²) in [5.41, 5.74) is 2.86. The average molecular weight is 433 g/mol. The summed E-state index contributed by atoms with van der Waals surface area (Å²) in [7, 11) is 0. The number of rotatable bonds is 4. The number of hydrogen-bond donors (Lipinski definition) is 0. The van der Waals surface area contributed by atoms with Gasteiger partial charge in [-0.1, -0.05) is 51.4 Å². The third-order valence-electron chi connectivity index (χ3n) is 3.63. The number of thioether (sulfide) groups is 1. The monoisotopic (exact) mass is 431 g/mol. The molecule has 4 nitrogen and oxygen atoms in total. The van der Waals surface area contributed by atoms with Crippen LogP contribution in [0, 0.1) is 0 Å². The summed E-state index contributed by atoms with van der Waals surface area (Å²) in [5, 5.41) is 10.4. The maximum absolute atomic E-state index is 6.24. The molecule has 7 heteroatoms. The molecule has 25 heavy (non-hydrogen) atoms. The predicted octanol–water partition coefficient (Wildman–Crippen LogP) is 5.99. The van der Waals surface area contributed by atoms with Gasteiger partial charge >= 0.3 is 0 Å². The highest BCUT2D eigenvalue weighted by Crippen LogP contribution is 2.31. The lowest BCUT2D eigenvalue weighted by atomic mass is 10.1. The fraction of sp³-hybridized carbons (Fsp3) is 0.0556. The van der Waals surface area contributed by atoms with Crippen molar-refractivity contribution < 1.29 is 4.42 Å². The molecule has 0 atom stereocenters. The fourth-order valence-corrected chi connectivity index (χ4v) is 3.82. The van der Waals surface area contributed by atoms with Crippen LogP contribution < -0.4 is 0 Å². The van der Waals surface area contributed by atoms with Crippen LogP contribution in [0.25, 0.3) is 22.4 Å². The zero-order valence-corrected chi connectivity index (χ0v) is 16.0. The highest BCUT2D eigenvalue weighted by molar-refractivity contribution is 9.10. The third kappa shape index (κ3) is 3.56. The van der Waals surface area contributed by atoms with Crippen molar-refractivity contribution in [2.24, 2.45) is 0 Å². The summed E-state index contributed by atoms with van der Waals surface area (Å²) in [6.45, 7) is 0. The van der Waals surface area contributed by atoms with Crippen LogP contribution in [-0.2, 0) is 5.75 Å². The highest BCUT2D eigenvalue weighted by Gasteiger charge is 2.11. The Bertz CT molecular complexity index is 1050. The molecule has 2 heterocycles. The second-order valence-corrected chi connectivity index (χ2v) is 7.53. The van der Waals surface area contributed by atoms with E-state index in [4.69, 9.17) is 16.0 Å². The first-order valence-electron chi connectivity index (χ1n) is 7.45. The Hall–Kier alpha value is -1.89. The lowest BCUT2D eigenvalue weighted by Crippen LogP contribution is -1.88. The second kappa shape index (κ2) is 7.15. The van der Waals surface area contributed by atoms with Gasteiger partial charge in [-0.15, -0.1) is 10.2 Å². The van der Waals surface area contributed by atoms with E-state index >= 15 is 0 Å². The summed E-state index contributed by atoms with van der Waals surface area (Å²) in [6, 6.07) is 15.5. The van der Waals surface area contributed by atoms with E-state index in [0.717, 1.165) is 26.5 Å². The zero-order valence-electron chi connectivity index (χ0n) is 12.8. The van der Waals surface area contributed by atoms with Gasteiger partial charge in [0, 0.05) is 32.4 Å². The Morgan fingerprint density at radius 2 is 2.00 bits per heavy atom. The van der Waals surface area contributed by atoms with E-state index < -0.39 is 0 Å². The molecule has 0 radical (unpaired) electrons. The highest BCUT2D eigenvalue weighted by atomic mass is 79.9. The van der Waals surface area contributed by atoms with Crippen molar-refractivity contribution in [3.8, 4) is 11.5 Å². The minimum atomic E-state index is 0.503. The van der Waals surface area contributed by atoms with Crippen LogP contribution in [0.3, 0.4) is 0 Å². The van der Waals surface area contributed by atoms with Gasteiger partial charge in [-0.3, -0.25) is 4.98 Å². The predicted molar refractivity (Wildman–Crippen MR) is 104 cm³/mol. The summed E-state index contributed by atoms with van der Waals surface area (Å²) >= 11 is 11.2. The third-order valence-corrected chi connectivity index (χ3v) is 5.32. The first-order chi connectivity index (χ1) is 12.2. The smallest absolute Gasteiger partial charge is 0.277 e. The van der Waals surface area contributed by atoms with Crippen LogP contribution in [0.5, 0.6) is 0 Å². The maximum atomic E-state index is 6.24. The van der Waals surface area contributed by atoms with E-state index in [9.17, 15) is 0 Å². The first-order valence-corrected chi connectivity index (χ1v) is 9.61. The van der Waals surface area contributed by atoms with Crippen LogP contribution in [-0.4, -0.2) is 15.2 Å². The van der Waals surface area contributed by atoms with Crippen LogP contribution in [0.4, 0.5) is 0 Å². The van der Waals surface area contributed by atoms with Crippen molar-refractivity contribution in [1.82, 2.24) is 15.2 Å². The minimum absolute atomic E-state index is 0.503. The lowest BCUT2D eigenvalue weighted by molar-refractivity contribution is 0.466. The van der Waals surface area contributed by atoms with Gasteiger partial charge < -0.3 is 4.42 Å². The first kappa shape index (κ1) is 16.6. The van der Waals surface area contributed by atoms with E-state index in [-0.39, 0.29) is 0 Å². The van der Waals surface area contributed by atoms with Crippen molar-refractivity contribution in [3.63, 3.8) is 0 Å². The standard InChI is InChI=1S/C18H11BrClN3OS/c19-13-4-1-3-11(9-13)17-22-23-18(24-17)25-10-12-6-7-15(20)14-5-2-8-21-16(12)14/h1-9H,10H2. The molecule has 0 spiro atoms. The Morgan fingerprint density at radius 1 is 1.08 bits per heavy atom.